The van der Waals surface area contributed by atoms with Crippen molar-refractivity contribution in [2.75, 3.05) is 25.6 Å². The quantitative estimate of drug-likeness (QED) is 0.695. The number of morpholine rings is 1. The van der Waals surface area contributed by atoms with Crippen LogP contribution < -0.4 is 0 Å². The summed E-state index contributed by atoms with van der Waals surface area (Å²) in [5, 5.41) is 0. The fraction of sp³-hybridized carbons (Fsp3) is 0.909. The average molecular weight is 234 g/mol. The van der Waals surface area contributed by atoms with Gasteiger partial charge in [0.2, 0.25) is 5.91 Å². The predicted octanol–water partition coefficient (Wildman–Crippen LogP) is 1.74. The number of carbonyl (C=O) groups excluding carboxylic acids is 1. The maximum absolute atomic E-state index is 12.1. The number of halogens is 1. The van der Waals surface area contributed by atoms with Gasteiger partial charge in [-0.1, -0.05) is 20.8 Å². The Morgan fingerprint density at radius 1 is 1.53 bits per heavy atom. The summed E-state index contributed by atoms with van der Waals surface area (Å²) in [4.78, 5) is 14.0. The summed E-state index contributed by atoms with van der Waals surface area (Å²) in [5.74, 6) is 1.10. The summed E-state index contributed by atoms with van der Waals surface area (Å²) in [6.45, 7) is 7.99. The van der Waals surface area contributed by atoms with E-state index < -0.39 is 0 Å². The highest BCUT2D eigenvalue weighted by atomic mass is 35.5. The molecule has 1 saturated heterocycles. The van der Waals surface area contributed by atoms with E-state index in [9.17, 15) is 4.79 Å². The Bertz CT molecular complexity index is 221. The van der Waals surface area contributed by atoms with Crippen LogP contribution >= 0.6 is 11.6 Å². The first-order chi connectivity index (χ1) is 7.07. The standard InChI is InChI=1S/C11H20ClNO2/c1-8(2)9(3)11(14)13-4-5-15-7-10(13)6-12/h8-10H,4-7H2,1-3H3. The lowest BCUT2D eigenvalue weighted by atomic mass is 9.96. The molecule has 0 aromatic heterocycles. The van der Waals surface area contributed by atoms with E-state index in [0.29, 0.717) is 31.6 Å². The van der Waals surface area contributed by atoms with E-state index in [1.54, 1.807) is 0 Å². The third-order valence-corrected chi connectivity index (χ3v) is 3.43. The zero-order valence-corrected chi connectivity index (χ0v) is 10.5. The van der Waals surface area contributed by atoms with Crippen LogP contribution in [0.15, 0.2) is 0 Å². The summed E-state index contributed by atoms with van der Waals surface area (Å²) >= 11 is 5.83. The van der Waals surface area contributed by atoms with E-state index in [-0.39, 0.29) is 17.9 Å². The molecule has 1 aliphatic heterocycles. The van der Waals surface area contributed by atoms with Crippen LogP contribution in [0.3, 0.4) is 0 Å². The molecule has 0 aliphatic carbocycles. The maximum atomic E-state index is 12.1. The van der Waals surface area contributed by atoms with Crippen LogP contribution in [0.1, 0.15) is 20.8 Å². The molecule has 1 rings (SSSR count). The van der Waals surface area contributed by atoms with Crippen LogP contribution in [0.4, 0.5) is 0 Å². The summed E-state index contributed by atoms with van der Waals surface area (Å²) in [6, 6.07) is 0.0501. The van der Waals surface area contributed by atoms with Gasteiger partial charge in [0, 0.05) is 18.3 Å². The maximum Gasteiger partial charge on any atom is 0.226 e. The zero-order chi connectivity index (χ0) is 11.4. The Morgan fingerprint density at radius 3 is 2.73 bits per heavy atom. The van der Waals surface area contributed by atoms with Gasteiger partial charge in [-0.05, 0) is 5.92 Å². The molecule has 1 aliphatic rings. The molecule has 0 spiro atoms. The minimum Gasteiger partial charge on any atom is -0.377 e. The normalized spacial score (nSPS) is 24.3. The summed E-state index contributed by atoms with van der Waals surface area (Å²) < 4.78 is 5.32. The van der Waals surface area contributed by atoms with Crippen molar-refractivity contribution in [1.29, 1.82) is 0 Å². The van der Waals surface area contributed by atoms with E-state index in [4.69, 9.17) is 16.3 Å². The third kappa shape index (κ3) is 3.08. The molecule has 1 amide bonds. The van der Waals surface area contributed by atoms with Crippen molar-refractivity contribution in [3.8, 4) is 0 Å². The molecular weight excluding hydrogens is 214 g/mol. The number of hydrogen-bond donors (Lipinski definition) is 0. The monoisotopic (exact) mass is 233 g/mol. The Labute approximate surface area is 96.7 Å². The topological polar surface area (TPSA) is 29.5 Å². The third-order valence-electron chi connectivity index (χ3n) is 3.08. The molecule has 1 heterocycles. The number of nitrogens with zero attached hydrogens (tertiary/aromatic N) is 1. The Morgan fingerprint density at radius 2 is 2.20 bits per heavy atom. The van der Waals surface area contributed by atoms with Gasteiger partial charge in [-0.25, -0.2) is 0 Å². The smallest absolute Gasteiger partial charge is 0.226 e. The van der Waals surface area contributed by atoms with Gasteiger partial charge in [-0.3, -0.25) is 4.79 Å². The fourth-order valence-corrected chi connectivity index (χ4v) is 1.88. The Balaban J connectivity index is 2.63. The first-order valence-electron chi connectivity index (χ1n) is 5.52. The SMILES string of the molecule is CC(C)C(C)C(=O)N1CCOCC1CCl. The minimum atomic E-state index is 0.0501. The van der Waals surface area contributed by atoms with Crippen LogP contribution in [0.2, 0.25) is 0 Å². The van der Waals surface area contributed by atoms with E-state index in [0.717, 1.165) is 0 Å². The number of ether oxygens (including phenoxy) is 1. The van der Waals surface area contributed by atoms with Crippen molar-refractivity contribution in [2.24, 2.45) is 11.8 Å². The van der Waals surface area contributed by atoms with Crippen LogP contribution in [0.5, 0.6) is 0 Å². The lowest BCUT2D eigenvalue weighted by Crippen LogP contribution is -2.51. The number of alkyl halides is 1. The van der Waals surface area contributed by atoms with Gasteiger partial charge >= 0.3 is 0 Å². The fourth-order valence-electron chi connectivity index (χ4n) is 1.62. The molecule has 1 fully saturated rings. The second kappa shape index (κ2) is 5.71. The van der Waals surface area contributed by atoms with Crippen molar-refractivity contribution >= 4 is 17.5 Å². The van der Waals surface area contributed by atoms with Gasteiger partial charge in [0.1, 0.15) is 0 Å². The number of carbonyl (C=O) groups is 1. The van der Waals surface area contributed by atoms with Gasteiger partial charge in [0.05, 0.1) is 19.3 Å². The zero-order valence-electron chi connectivity index (χ0n) is 9.70. The number of hydrogen-bond acceptors (Lipinski definition) is 2. The van der Waals surface area contributed by atoms with Crippen LogP contribution in [-0.2, 0) is 9.53 Å². The van der Waals surface area contributed by atoms with Gasteiger partial charge in [0.15, 0.2) is 0 Å². The molecule has 88 valence electrons. The lowest BCUT2D eigenvalue weighted by molar-refractivity contribution is -0.144. The molecule has 0 aromatic rings. The first-order valence-corrected chi connectivity index (χ1v) is 6.05. The largest absolute Gasteiger partial charge is 0.377 e. The summed E-state index contributed by atoms with van der Waals surface area (Å²) in [5.41, 5.74) is 0. The molecule has 2 unspecified atom stereocenters. The molecule has 0 aromatic carbocycles. The van der Waals surface area contributed by atoms with Crippen molar-refractivity contribution in [3.63, 3.8) is 0 Å². The van der Waals surface area contributed by atoms with Crippen LogP contribution in [0, 0.1) is 11.8 Å². The Kier molecular flexibility index (Phi) is 4.87. The average Bonchev–Trinajstić information content (AvgIpc) is 2.26. The molecular formula is C11H20ClNO2. The lowest BCUT2D eigenvalue weighted by Gasteiger charge is -2.36. The summed E-state index contributed by atoms with van der Waals surface area (Å²) in [6.07, 6.45) is 0. The van der Waals surface area contributed by atoms with Crippen molar-refractivity contribution in [1.82, 2.24) is 4.90 Å². The van der Waals surface area contributed by atoms with Gasteiger partial charge < -0.3 is 9.64 Å². The highest BCUT2D eigenvalue weighted by Gasteiger charge is 2.30. The molecule has 0 saturated carbocycles. The molecule has 0 N–H and O–H groups in total. The van der Waals surface area contributed by atoms with Gasteiger partial charge in [0.25, 0.3) is 0 Å². The van der Waals surface area contributed by atoms with Gasteiger partial charge in [-0.2, -0.15) is 0 Å². The molecule has 4 heteroatoms. The van der Waals surface area contributed by atoms with E-state index >= 15 is 0 Å². The van der Waals surface area contributed by atoms with Crippen LogP contribution in [-0.4, -0.2) is 42.5 Å². The number of rotatable bonds is 3. The van der Waals surface area contributed by atoms with Crippen molar-refractivity contribution in [2.45, 2.75) is 26.8 Å². The highest BCUT2D eigenvalue weighted by molar-refractivity contribution is 6.18. The first kappa shape index (κ1) is 12.8. The number of amides is 1. The van der Waals surface area contributed by atoms with E-state index in [1.165, 1.54) is 0 Å². The van der Waals surface area contributed by atoms with E-state index in [2.05, 4.69) is 13.8 Å². The molecule has 0 radical (unpaired) electrons. The second-order valence-corrected chi connectivity index (χ2v) is 4.76. The minimum absolute atomic E-state index is 0.0501. The van der Waals surface area contributed by atoms with Crippen molar-refractivity contribution < 1.29 is 9.53 Å². The van der Waals surface area contributed by atoms with Crippen LogP contribution in [0.25, 0.3) is 0 Å². The van der Waals surface area contributed by atoms with Crippen molar-refractivity contribution in [3.05, 3.63) is 0 Å². The molecule has 3 nitrogen and oxygen atoms in total. The molecule has 0 bridgehead atoms. The Hall–Kier alpha value is -0.280. The van der Waals surface area contributed by atoms with E-state index in [1.807, 2.05) is 11.8 Å². The predicted molar refractivity (Wildman–Crippen MR) is 61.0 cm³/mol. The van der Waals surface area contributed by atoms with Gasteiger partial charge in [-0.15, -0.1) is 11.6 Å². The second-order valence-electron chi connectivity index (χ2n) is 4.45. The highest BCUT2D eigenvalue weighted by Crippen LogP contribution is 2.17. The molecule has 15 heavy (non-hydrogen) atoms. The summed E-state index contributed by atoms with van der Waals surface area (Å²) in [7, 11) is 0. The molecule has 2 atom stereocenters.